The summed E-state index contributed by atoms with van der Waals surface area (Å²) < 4.78 is 10.7. The first-order valence-corrected chi connectivity index (χ1v) is 10.7. The lowest BCUT2D eigenvalue weighted by molar-refractivity contribution is -0.132. The molecule has 0 spiro atoms. The summed E-state index contributed by atoms with van der Waals surface area (Å²) in [4.78, 5) is 27.4. The number of rotatable bonds is 6. The van der Waals surface area contributed by atoms with Gasteiger partial charge < -0.3 is 14.6 Å². The predicted molar refractivity (Wildman–Crippen MR) is 120 cm³/mol. The number of aromatic nitrogens is 2. The molecule has 1 aromatic heterocycles. The Hall–Kier alpha value is -3.72. The average molecular weight is 452 g/mol. The van der Waals surface area contributed by atoms with Crippen molar-refractivity contribution < 1.29 is 24.2 Å². The van der Waals surface area contributed by atoms with Gasteiger partial charge in [-0.15, -0.1) is 10.2 Å². The van der Waals surface area contributed by atoms with E-state index >= 15 is 0 Å². The molecule has 0 unspecified atom stereocenters. The molecule has 0 bridgehead atoms. The minimum absolute atomic E-state index is 0.0165. The number of hydrogen-bond acceptors (Lipinski definition) is 8. The van der Waals surface area contributed by atoms with Crippen molar-refractivity contribution in [2.24, 2.45) is 0 Å². The van der Waals surface area contributed by atoms with E-state index in [-0.39, 0.29) is 16.5 Å². The predicted octanol–water partition coefficient (Wildman–Crippen LogP) is 3.88. The van der Waals surface area contributed by atoms with Crippen LogP contribution in [0.3, 0.4) is 0 Å². The number of methoxy groups -OCH3 is 1. The Labute approximate surface area is 188 Å². The molecule has 4 rings (SSSR count). The van der Waals surface area contributed by atoms with Crippen molar-refractivity contribution in [3.63, 3.8) is 0 Å². The van der Waals surface area contributed by atoms with Crippen molar-refractivity contribution in [1.29, 1.82) is 0 Å². The molecule has 164 valence electrons. The Bertz CT molecular complexity index is 1190. The standard InChI is InChI=1S/C23H21N3O5S/c1-4-31-17-11-7-15(8-12-17)20(27)18-19(14-5-9-16(30-3)10-6-14)26(22(29)21(18)28)23-25-24-13(2)32-23/h5-12,19,27H,4H2,1-3H3/t19-/m1/s1. The van der Waals surface area contributed by atoms with Crippen LogP contribution in [0.15, 0.2) is 54.1 Å². The average Bonchev–Trinajstić information content (AvgIpc) is 3.34. The van der Waals surface area contributed by atoms with Crippen LogP contribution in [0.25, 0.3) is 5.76 Å². The van der Waals surface area contributed by atoms with Gasteiger partial charge >= 0.3 is 5.91 Å². The summed E-state index contributed by atoms with van der Waals surface area (Å²) in [6.45, 7) is 4.15. The van der Waals surface area contributed by atoms with Crippen LogP contribution in [-0.2, 0) is 9.59 Å². The highest BCUT2D eigenvalue weighted by Crippen LogP contribution is 2.43. The molecule has 1 aliphatic heterocycles. The maximum Gasteiger partial charge on any atom is 0.301 e. The molecule has 2 aromatic carbocycles. The van der Waals surface area contributed by atoms with Crippen LogP contribution in [0.2, 0.25) is 0 Å². The van der Waals surface area contributed by atoms with Gasteiger partial charge in [-0.2, -0.15) is 0 Å². The number of aliphatic hydroxyl groups is 1. The largest absolute Gasteiger partial charge is 0.507 e. The number of nitrogens with zero attached hydrogens (tertiary/aromatic N) is 3. The van der Waals surface area contributed by atoms with E-state index in [1.807, 2.05) is 6.92 Å². The first-order valence-electron chi connectivity index (χ1n) is 9.93. The molecular formula is C23H21N3O5S. The molecule has 1 N–H and O–H groups in total. The fourth-order valence-electron chi connectivity index (χ4n) is 3.55. The van der Waals surface area contributed by atoms with Gasteiger partial charge in [-0.3, -0.25) is 14.5 Å². The van der Waals surface area contributed by atoms with Gasteiger partial charge in [-0.25, -0.2) is 0 Å². The molecule has 1 atom stereocenters. The van der Waals surface area contributed by atoms with Gasteiger partial charge in [-0.05, 0) is 55.8 Å². The summed E-state index contributed by atoms with van der Waals surface area (Å²) in [5, 5.41) is 20.1. The summed E-state index contributed by atoms with van der Waals surface area (Å²) in [5.41, 5.74) is 1.01. The first kappa shape index (κ1) is 21.5. The molecule has 1 aliphatic rings. The fraction of sp³-hybridized carbons (Fsp3) is 0.217. The highest BCUT2D eigenvalue weighted by Gasteiger charge is 2.48. The van der Waals surface area contributed by atoms with Crippen molar-refractivity contribution >= 4 is 33.9 Å². The lowest BCUT2D eigenvalue weighted by Crippen LogP contribution is -2.29. The fourth-order valence-corrected chi connectivity index (χ4v) is 4.26. The number of carbonyl (C=O) groups is 2. The number of aliphatic hydroxyl groups excluding tert-OH is 1. The Morgan fingerprint density at radius 1 is 1.06 bits per heavy atom. The molecule has 0 aliphatic carbocycles. The van der Waals surface area contributed by atoms with E-state index in [9.17, 15) is 14.7 Å². The van der Waals surface area contributed by atoms with Crippen LogP contribution in [0, 0.1) is 6.92 Å². The van der Waals surface area contributed by atoms with E-state index in [0.29, 0.717) is 34.2 Å². The third-order valence-corrected chi connectivity index (χ3v) is 5.87. The van der Waals surface area contributed by atoms with Crippen LogP contribution < -0.4 is 14.4 Å². The van der Waals surface area contributed by atoms with Gasteiger partial charge in [0.2, 0.25) is 5.13 Å². The minimum atomic E-state index is -0.861. The van der Waals surface area contributed by atoms with Crippen LogP contribution in [0.4, 0.5) is 5.13 Å². The second-order valence-corrected chi connectivity index (χ2v) is 8.16. The summed E-state index contributed by atoms with van der Waals surface area (Å²) in [7, 11) is 1.55. The number of anilines is 1. The normalized spacial score (nSPS) is 17.6. The molecule has 1 fully saturated rings. The van der Waals surface area contributed by atoms with Gasteiger partial charge in [0.05, 0.1) is 25.3 Å². The number of amides is 1. The maximum atomic E-state index is 13.1. The maximum absolute atomic E-state index is 13.1. The number of carbonyl (C=O) groups excluding carboxylic acids is 2. The molecule has 32 heavy (non-hydrogen) atoms. The van der Waals surface area contributed by atoms with Crippen LogP contribution >= 0.6 is 11.3 Å². The van der Waals surface area contributed by atoms with Crippen molar-refractivity contribution in [3.8, 4) is 11.5 Å². The highest BCUT2D eigenvalue weighted by molar-refractivity contribution is 7.15. The zero-order valence-corrected chi connectivity index (χ0v) is 18.5. The van der Waals surface area contributed by atoms with Crippen molar-refractivity contribution in [3.05, 3.63) is 70.2 Å². The smallest absolute Gasteiger partial charge is 0.301 e. The Morgan fingerprint density at radius 3 is 2.28 bits per heavy atom. The van der Waals surface area contributed by atoms with E-state index in [1.54, 1.807) is 62.6 Å². The monoisotopic (exact) mass is 451 g/mol. The van der Waals surface area contributed by atoms with Gasteiger partial charge in [0, 0.05) is 5.56 Å². The zero-order chi connectivity index (χ0) is 22.8. The summed E-state index contributed by atoms with van der Waals surface area (Å²) >= 11 is 1.20. The molecule has 9 heteroatoms. The number of aryl methyl sites for hydroxylation is 1. The number of hydrogen-bond donors (Lipinski definition) is 1. The lowest BCUT2D eigenvalue weighted by Gasteiger charge is -2.22. The SMILES string of the molecule is CCOc1ccc(C(O)=C2C(=O)C(=O)N(c3nnc(C)s3)[C@@H]2c2ccc(OC)cc2)cc1. The van der Waals surface area contributed by atoms with E-state index in [0.717, 1.165) is 0 Å². The molecule has 3 aromatic rings. The quantitative estimate of drug-likeness (QED) is 0.345. The Balaban J connectivity index is 1.86. The van der Waals surface area contributed by atoms with E-state index < -0.39 is 17.7 Å². The number of ether oxygens (including phenoxy) is 2. The Morgan fingerprint density at radius 2 is 1.72 bits per heavy atom. The van der Waals surface area contributed by atoms with Crippen molar-refractivity contribution in [2.45, 2.75) is 19.9 Å². The molecular weight excluding hydrogens is 430 g/mol. The third-order valence-electron chi connectivity index (χ3n) is 5.04. The first-order chi connectivity index (χ1) is 15.4. The molecule has 8 nitrogen and oxygen atoms in total. The van der Waals surface area contributed by atoms with E-state index in [4.69, 9.17) is 9.47 Å². The second-order valence-electron chi connectivity index (χ2n) is 7.00. The van der Waals surface area contributed by atoms with E-state index in [1.165, 1.54) is 16.2 Å². The minimum Gasteiger partial charge on any atom is -0.507 e. The van der Waals surface area contributed by atoms with Crippen LogP contribution in [0.5, 0.6) is 11.5 Å². The summed E-state index contributed by atoms with van der Waals surface area (Å²) in [6.07, 6.45) is 0. The molecule has 1 saturated heterocycles. The van der Waals surface area contributed by atoms with Crippen LogP contribution in [0.1, 0.15) is 29.1 Å². The molecule has 1 amide bonds. The highest BCUT2D eigenvalue weighted by atomic mass is 32.1. The van der Waals surface area contributed by atoms with Crippen molar-refractivity contribution in [1.82, 2.24) is 10.2 Å². The number of ketones is 1. The Kier molecular flexibility index (Phi) is 5.91. The second kappa shape index (κ2) is 8.80. The van der Waals surface area contributed by atoms with Gasteiger partial charge in [-0.1, -0.05) is 23.5 Å². The van der Waals surface area contributed by atoms with Crippen LogP contribution in [-0.4, -0.2) is 40.7 Å². The molecule has 0 saturated carbocycles. The number of Topliss-reactive ketones (excluding diaryl/α,β-unsaturated/α-hetero) is 1. The van der Waals surface area contributed by atoms with Gasteiger partial charge in [0.15, 0.2) is 0 Å². The molecule has 2 heterocycles. The topological polar surface area (TPSA) is 102 Å². The lowest BCUT2D eigenvalue weighted by atomic mass is 9.95. The summed E-state index contributed by atoms with van der Waals surface area (Å²) in [5.74, 6) is -0.556. The number of benzene rings is 2. The molecule has 0 radical (unpaired) electrons. The van der Waals surface area contributed by atoms with Gasteiger partial charge in [0.1, 0.15) is 22.3 Å². The van der Waals surface area contributed by atoms with E-state index in [2.05, 4.69) is 10.2 Å². The zero-order valence-electron chi connectivity index (χ0n) is 17.7. The third kappa shape index (κ3) is 3.82. The van der Waals surface area contributed by atoms with Crippen molar-refractivity contribution in [2.75, 3.05) is 18.6 Å². The van der Waals surface area contributed by atoms with Gasteiger partial charge in [0.25, 0.3) is 5.78 Å². The summed E-state index contributed by atoms with van der Waals surface area (Å²) in [6, 6.07) is 12.8.